The number of hydrogen-bond acceptors (Lipinski definition) is 4. The molecule has 3 nitrogen and oxygen atoms in total. The van der Waals surface area contributed by atoms with Gasteiger partial charge in [0.05, 0.1) is 16.4 Å². The van der Waals surface area contributed by atoms with E-state index in [1.165, 1.54) is 10.1 Å². The Hall–Kier alpha value is -1.98. The summed E-state index contributed by atoms with van der Waals surface area (Å²) >= 11 is 5.18. The molecule has 2 aromatic carbocycles. The second-order valence-electron chi connectivity index (χ2n) is 4.64. The van der Waals surface area contributed by atoms with Gasteiger partial charge in [-0.25, -0.2) is 9.97 Å². The molecule has 0 bridgehead atoms. The normalized spacial score (nSPS) is 11.1. The molecule has 4 rings (SSSR count). The zero-order valence-electron chi connectivity index (χ0n) is 10.9. The quantitative estimate of drug-likeness (QED) is 0.526. The summed E-state index contributed by atoms with van der Waals surface area (Å²) in [5.74, 6) is 0.615. The van der Waals surface area contributed by atoms with Crippen LogP contribution in [0.4, 0.5) is 11.6 Å². The number of aromatic nitrogens is 2. The Morgan fingerprint density at radius 2 is 1.90 bits per heavy atom. The van der Waals surface area contributed by atoms with Gasteiger partial charge in [-0.15, -0.1) is 11.3 Å². The first kappa shape index (κ1) is 12.7. The number of halogens is 1. The molecule has 0 radical (unpaired) electrons. The van der Waals surface area contributed by atoms with E-state index in [9.17, 15) is 0 Å². The maximum Gasteiger partial charge on any atom is 0.227 e. The monoisotopic (exact) mass is 355 g/mol. The Kier molecular flexibility index (Phi) is 3.09. The number of hydrogen-bond donors (Lipinski definition) is 1. The first-order valence-corrected chi connectivity index (χ1v) is 8.07. The van der Waals surface area contributed by atoms with Crippen molar-refractivity contribution in [1.29, 1.82) is 0 Å². The fourth-order valence-corrected chi connectivity index (χ4v) is 3.68. The number of nitrogens with one attached hydrogen (secondary N) is 1. The smallest absolute Gasteiger partial charge is 0.227 e. The van der Waals surface area contributed by atoms with E-state index in [-0.39, 0.29) is 0 Å². The van der Waals surface area contributed by atoms with Crippen molar-refractivity contribution < 1.29 is 0 Å². The zero-order chi connectivity index (χ0) is 14.2. The molecule has 0 aliphatic rings. The van der Waals surface area contributed by atoms with Crippen LogP contribution in [0, 0.1) is 0 Å². The van der Waals surface area contributed by atoms with Gasteiger partial charge < -0.3 is 5.32 Å². The summed E-state index contributed by atoms with van der Waals surface area (Å²) in [5, 5.41) is 4.42. The van der Waals surface area contributed by atoms with Crippen LogP contribution < -0.4 is 5.32 Å². The number of thiophene rings is 1. The average Bonchev–Trinajstić information content (AvgIpc) is 2.85. The van der Waals surface area contributed by atoms with Crippen molar-refractivity contribution in [3.8, 4) is 0 Å². The zero-order valence-corrected chi connectivity index (χ0v) is 13.3. The second kappa shape index (κ2) is 5.09. The van der Waals surface area contributed by atoms with Crippen LogP contribution in [0.1, 0.15) is 0 Å². The van der Waals surface area contributed by atoms with Crippen LogP contribution in [0.15, 0.2) is 59.2 Å². The molecule has 1 N–H and O–H groups in total. The van der Waals surface area contributed by atoms with Crippen molar-refractivity contribution in [2.24, 2.45) is 0 Å². The van der Waals surface area contributed by atoms with E-state index < -0.39 is 0 Å². The van der Waals surface area contributed by atoms with E-state index in [2.05, 4.69) is 43.3 Å². The van der Waals surface area contributed by atoms with Crippen molar-refractivity contribution in [3.63, 3.8) is 0 Å². The third kappa shape index (κ3) is 2.39. The van der Waals surface area contributed by atoms with Crippen molar-refractivity contribution in [2.45, 2.75) is 0 Å². The van der Waals surface area contributed by atoms with Gasteiger partial charge in [-0.3, -0.25) is 0 Å². The SMILES string of the molecule is Brc1cccc(Nc2ncc3sc4ccccc4c3n2)c1. The molecule has 0 amide bonds. The van der Waals surface area contributed by atoms with Gasteiger partial charge in [0.15, 0.2) is 0 Å². The summed E-state index contributed by atoms with van der Waals surface area (Å²) in [4.78, 5) is 9.06. The van der Waals surface area contributed by atoms with Gasteiger partial charge in [0.25, 0.3) is 0 Å². The third-order valence-corrected chi connectivity index (χ3v) is 4.79. The molecule has 4 aromatic rings. The number of anilines is 2. The van der Waals surface area contributed by atoms with Crippen LogP contribution in [0.5, 0.6) is 0 Å². The number of benzene rings is 2. The summed E-state index contributed by atoms with van der Waals surface area (Å²) in [6.45, 7) is 0. The number of nitrogens with zero attached hydrogens (tertiary/aromatic N) is 2. The molecule has 5 heteroatoms. The van der Waals surface area contributed by atoms with Gasteiger partial charge in [0.2, 0.25) is 5.95 Å². The Labute approximate surface area is 133 Å². The Bertz CT molecular complexity index is 948. The molecule has 0 saturated carbocycles. The minimum atomic E-state index is 0.615. The summed E-state index contributed by atoms with van der Waals surface area (Å²) in [7, 11) is 0. The minimum Gasteiger partial charge on any atom is -0.324 e. The van der Waals surface area contributed by atoms with Gasteiger partial charge in [-0.05, 0) is 24.3 Å². The van der Waals surface area contributed by atoms with Crippen LogP contribution in [-0.4, -0.2) is 9.97 Å². The molecule has 0 atom stereocenters. The van der Waals surface area contributed by atoms with Crippen LogP contribution >= 0.6 is 27.3 Å². The molecular weight excluding hydrogens is 346 g/mol. The molecule has 0 spiro atoms. The Balaban J connectivity index is 1.81. The number of rotatable bonds is 2. The predicted molar refractivity (Wildman–Crippen MR) is 92.3 cm³/mol. The fourth-order valence-electron chi connectivity index (χ4n) is 2.26. The van der Waals surface area contributed by atoms with Crippen LogP contribution in [0.25, 0.3) is 20.3 Å². The lowest BCUT2D eigenvalue weighted by molar-refractivity contribution is 1.22. The van der Waals surface area contributed by atoms with Gasteiger partial charge >= 0.3 is 0 Å². The van der Waals surface area contributed by atoms with Gasteiger partial charge in [0.1, 0.15) is 0 Å². The molecule has 0 unspecified atom stereocenters. The third-order valence-electron chi connectivity index (χ3n) is 3.20. The molecule has 102 valence electrons. The topological polar surface area (TPSA) is 37.8 Å². The first-order chi connectivity index (χ1) is 10.3. The predicted octanol–water partition coefficient (Wildman–Crippen LogP) is 5.35. The molecule has 21 heavy (non-hydrogen) atoms. The molecule has 0 aliphatic carbocycles. The molecular formula is C16H10BrN3S. The van der Waals surface area contributed by atoms with Gasteiger partial charge in [-0.1, -0.05) is 40.2 Å². The van der Waals surface area contributed by atoms with Crippen LogP contribution in [0.3, 0.4) is 0 Å². The van der Waals surface area contributed by atoms with Crippen molar-refractivity contribution in [1.82, 2.24) is 9.97 Å². The minimum absolute atomic E-state index is 0.615. The summed E-state index contributed by atoms with van der Waals surface area (Å²) in [6, 6.07) is 16.3. The highest BCUT2D eigenvalue weighted by atomic mass is 79.9. The van der Waals surface area contributed by atoms with E-state index in [0.717, 1.165) is 20.4 Å². The molecule has 2 aromatic heterocycles. The fraction of sp³-hybridized carbons (Fsp3) is 0. The maximum atomic E-state index is 4.66. The maximum absolute atomic E-state index is 4.66. The van der Waals surface area contributed by atoms with Gasteiger partial charge in [-0.2, -0.15) is 0 Å². The highest BCUT2D eigenvalue weighted by Crippen LogP contribution is 2.32. The van der Waals surface area contributed by atoms with E-state index in [1.54, 1.807) is 11.3 Å². The lowest BCUT2D eigenvalue weighted by Crippen LogP contribution is -1.96. The van der Waals surface area contributed by atoms with E-state index in [1.807, 2.05) is 42.6 Å². The first-order valence-electron chi connectivity index (χ1n) is 6.46. The van der Waals surface area contributed by atoms with E-state index >= 15 is 0 Å². The molecule has 0 saturated heterocycles. The average molecular weight is 356 g/mol. The summed E-state index contributed by atoms with van der Waals surface area (Å²) < 4.78 is 3.37. The van der Waals surface area contributed by atoms with E-state index in [4.69, 9.17) is 0 Å². The standard InChI is InChI=1S/C16H10BrN3S/c17-10-4-3-5-11(8-10)19-16-18-9-14-15(20-16)12-6-1-2-7-13(12)21-14/h1-9H,(H,18,19,20). The van der Waals surface area contributed by atoms with Crippen LogP contribution in [-0.2, 0) is 0 Å². The van der Waals surface area contributed by atoms with Crippen molar-refractivity contribution in [3.05, 3.63) is 59.2 Å². The highest BCUT2D eigenvalue weighted by molar-refractivity contribution is 9.10. The van der Waals surface area contributed by atoms with E-state index in [0.29, 0.717) is 5.95 Å². The molecule has 0 aliphatic heterocycles. The second-order valence-corrected chi connectivity index (χ2v) is 6.64. The summed E-state index contributed by atoms with van der Waals surface area (Å²) in [6.07, 6.45) is 1.88. The lowest BCUT2D eigenvalue weighted by atomic mass is 10.2. The Morgan fingerprint density at radius 3 is 2.81 bits per heavy atom. The lowest BCUT2D eigenvalue weighted by Gasteiger charge is -2.04. The van der Waals surface area contributed by atoms with Crippen molar-refractivity contribution >= 4 is 59.2 Å². The largest absolute Gasteiger partial charge is 0.324 e. The molecule has 0 fully saturated rings. The Morgan fingerprint density at radius 1 is 1.00 bits per heavy atom. The summed E-state index contributed by atoms with van der Waals surface area (Å²) in [5.41, 5.74) is 1.96. The van der Waals surface area contributed by atoms with Crippen LogP contribution in [0.2, 0.25) is 0 Å². The number of fused-ring (bicyclic) bond motifs is 3. The highest BCUT2D eigenvalue weighted by Gasteiger charge is 2.07. The van der Waals surface area contributed by atoms with Gasteiger partial charge in [0, 0.05) is 20.2 Å². The van der Waals surface area contributed by atoms with Crippen molar-refractivity contribution in [2.75, 3.05) is 5.32 Å². The molecule has 2 heterocycles.